The highest BCUT2D eigenvalue weighted by molar-refractivity contribution is 6.30. The first-order chi connectivity index (χ1) is 20.3. The molecule has 2 fully saturated rings. The van der Waals surface area contributed by atoms with Crippen LogP contribution in [0.1, 0.15) is 65.0 Å². The number of likely N-dealkylation sites (tertiary alicyclic amines) is 1. The summed E-state index contributed by atoms with van der Waals surface area (Å²) in [6, 6.07) is 16.2. The summed E-state index contributed by atoms with van der Waals surface area (Å²) in [4.78, 5) is 19.0. The molecule has 9 heteroatoms. The molecule has 7 nitrogen and oxygen atoms in total. The molecule has 4 heterocycles. The lowest BCUT2D eigenvalue weighted by atomic mass is 9.82. The van der Waals surface area contributed by atoms with E-state index >= 15 is 0 Å². The lowest BCUT2D eigenvalue weighted by Crippen LogP contribution is -2.35. The molecule has 0 bridgehead atoms. The molecule has 2 atom stereocenters. The van der Waals surface area contributed by atoms with Gasteiger partial charge in [-0.3, -0.25) is 4.90 Å². The van der Waals surface area contributed by atoms with Crippen LogP contribution in [0.4, 0.5) is 4.39 Å². The molecule has 42 heavy (non-hydrogen) atoms. The quantitative estimate of drug-likeness (QED) is 0.264. The Kier molecular flexibility index (Phi) is 6.95. The largest absolute Gasteiger partial charge is 0.482 e. The minimum atomic E-state index is -0.940. The molecule has 3 aromatic carbocycles. The van der Waals surface area contributed by atoms with Crippen molar-refractivity contribution < 1.29 is 23.8 Å². The zero-order chi connectivity index (χ0) is 29.0. The van der Waals surface area contributed by atoms with Crippen molar-refractivity contribution in [3.63, 3.8) is 0 Å². The lowest BCUT2D eigenvalue weighted by molar-refractivity contribution is -0.0592. The van der Waals surface area contributed by atoms with E-state index in [0.29, 0.717) is 36.0 Å². The van der Waals surface area contributed by atoms with Crippen molar-refractivity contribution in [2.24, 2.45) is 0 Å². The number of carboxylic acid groups (broad SMARTS) is 1. The minimum Gasteiger partial charge on any atom is -0.482 e. The average Bonchev–Trinajstić information content (AvgIpc) is 3.47. The molecule has 0 aliphatic carbocycles. The Labute approximate surface area is 248 Å². The number of hydrogen-bond donors (Lipinski definition) is 1. The number of benzene rings is 3. The maximum absolute atomic E-state index is 14.9. The van der Waals surface area contributed by atoms with Crippen LogP contribution in [0.2, 0.25) is 5.02 Å². The van der Waals surface area contributed by atoms with Gasteiger partial charge in [0.15, 0.2) is 0 Å². The van der Waals surface area contributed by atoms with Gasteiger partial charge in [0.25, 0.3) is 0 Å². The molecule has 0 radical (unpaired) electrons. The number of aromatic carboxylic acids is 1. The normalized spacial score (nSPS) is 22.6. The molecule has 218 valence electrons. The molecule has 7 rings (SSSR count). The number of nitrogens with zero attached hydrogens (tertiary/aromatic N) is 3. The third-order valence-corrected chi connectivity index (χ3v) is 9.40. The van der Waals surface area contributed by atoms with Crippen molar-refractivity contribution in [2.75, 3.05) is 19.7 Å². The molecule has 2 unspecified atom stereocenters. The summed E-state index contributed by atoms with van der Waals surface area (Å²) in [5.74, 6) is 0.875. The predicted octanol–water partition coefficient (Wildman–Crippen LogP) is 6.55. The number of aromatic nitrogens is 2. The van der Waals surface area contributed by atoms with Crippen molar-refractivity contribution in [2.45, 2.75) is 63.3 Å². The van der Waals surface area contributed by atoms with Gasteiger partial charge < -0.3 is 19.1 Å². The molecule has 3 aliphatic heterocycles. The molecule has 0 saturated carbocycles. The SMILES string of the molecule is CC1(c2ccc(Cl)cc2F)Cc2c(cccc2C2CCN(Cc3nc4ccc(C(=O)O)cc4n3CC3CCO3)CC2)O1. The second kappa shape index (κ2) is 10.7. The highest BCUT2D eigenvalue weighted by Gasteiger charge is 2.40. The number of halogens is 2. The molecular formula is C33H33ClFN3O4. The Morgan fingerprint density at radius 1 is 1.14 bits per heavy atom. The summed E-state index contributed by atoms with van der Waals surface area (Å²) in [7, 11) is 0. The summed E-state index contributed by atoms with van der Waals surface area (Å²) in [5.41, 5.74) is 4.12. The fourth-order valence-electron chi connectivity index (χ4n) is 6.80. The standard InChI is InChI=1S/C33H33ClFN3O4/c1-33(26-7-6-22(34)16-27(26)35)17-25-24(3-2-4-30(25)42-33)20-9-12-37(13-10-20)19-31-36-28-8-5-21(32(39)40)15-29(28)38(31)18-23-11-14-41-23/h2-8,15-16,20,23H,9-14,17-19H2,1H3,(H,39,40). The second-order valence-corrected chi connectivity index (χ2v) is 12.4. The topological polar surface area (TPSA) is 76.8 Å². The van der Waals surface area contributed by atoms with Gasteiger partial charge in [-0.1, -0.05) is 29.8 Å². The van der Waals surface area contributed by atoms with Gasteiger partial charge in [-0.05, 0) is 87.2 Å². The van der Waals surface area contributed by atoms with E-state index in [1.165, 1.54) is 17.2 Å². The first-order valence-corrected chi connectivity index (χ1v) is 15.0. The van der Waals surface area contributed by atoms with Gasteiger partial charge in [-0.15, -0.1) is 0 Å². The summed E-state index contributed by atoms with van der Waals surface area (Å²) >= 11 is 6.01. The third kappa shape index (κ3) is 4.95. The van der Waals surface area contributed by atoms with Gasteiger partial charge in [-0.2, -0.15) is 0 Å². The highest BCUT2D eigenvalue weighted by atomic mass is 35.5. The fourth-order valence-corrected chi connectivity index (χ4v) is 6.96. The van der Waals surface area contributed by atoms with E-state index in [4.69, 9.17) is 26.1 Å². The number of rotatable bonds is 7. The summed E-state index contributed by atoms with van der Waals surface area (Å²) in [6.45, 7) is 5.92. The monoisotopic (exact) mass is 589 g/mol. The van der Waals surface area contributed by atoms with Crippen LogP contribution in [-0.4, -0.2) is 51.3 Å². The van der Waals surface area contributed by atoms with E-state index < -0.39 is 11.6 Å². The predicted molar refractivity (Wildman–Crippen MR) is 158 cm³/mol. The number of carbonyl (C=O) groups is 1. The zero-order valence-electron chi connectivity index (χ0n) is 23.5. The van der Waals surface area contributed by atoms with Crippen molar-refractivity contribution in [3.05, 3.63) is 93.5 Å². The van der Waals surface area contributed by atoms with Crippen molar-refractivity contribution in [1.82, 2.24) is 14.5 Å². The van der Waals surface area contributed by atoms with Crippen LogP contribution in [0.25, 0.3) is 11.0 Å². The average molecular weight is 590 g/mol. The fraction of sp³-hybridized carbons (Fsp3) is 0.394. The zero-order valence-corrected chi connectivity index (χ0v) is 24.2. The van der Waals surface area contributed by atoms with Gasteiger partial charge in [0.05, 0.1) is 35.8 Å². The maximum atomic E-state index is 14.9. The van der Waals surface area contributed by atoms with Crippen LogP contribution in [0.5, 0.6) is 5.75 Å². The molecule has 1 aromatic heterocycles. The first-order valence-electron chi connectivity index (χ1n) is 14.6. The van der Waals surface area contributed by atoms with E-state index in [9.17, 15) is 14.3 Å². The molecule has 4 aromatic rings. The highest BCUT2D eigenvalue weighted by Crippen LogP contribution is 2.46. The Hall–Kier alpha value is -3.46. The molecule has 0 amide bonds. The number of piperidine rings is 1. The van der Waals surface area contributed by atoms with Crippen LogP contribution in [0.15, 0.2) is 54.6 Å². The van der Waals surface area contributed by atoms with E-state index in [2.05, 4.69) is 15.5 Å². The molecule has 3 aliphatic rings. The Morgan fingerprint density at radius 2 is 1.95 bits per heavy atom. The summed E-state index contributed by atoms with van der Waals surface area (Å²) in [6.07, 6.45) is 3.74. The number of imidazole rings is 1. The van der Waals surface area contributed by atoms with Gasteiger partial charge in [0.1, 0.15) is 23.0 Å². The Bertz CT molecular complexity index is 1680. The third-order valence-electron chi connectivity index (χ3n) is 9.17. The lowest BCUT2D eigenvalue weighted by Gasteiger charge is -2.33. The first kappa shape index (κ1) is 27.4. The number of hydrogen-bond acceptors (Lipinski definition) is 5. The molecule has 2 saturated heterocycles. The van der Waals surface area contributed by atoms with E-state index in [0.717, 1.165) is 61.6 Å². The van der Waals surface area contributed by atoms with Gasteiger partial charge in [0.2, 0.25) is 0 Å². The Balaban J connectivity index is 1.08. The molecular weight excluding hydrogens is 557 g/mol. The summed E-state index contributed by atoms with van der Waals surface area (Å²) < 4.78 is 29.1. The second-order valence-electron chi connectivity index (χ2n) is 11.9. The minimum absolute atomic E-state index is 0.134. The maximum Gasteiger partial charge on any atom is 0.335 e. The van der Waals surface area contributed by atoms with Crippen molar-refractivity contribution >= 4 is 28.6 Å². The summed E-state index contributed by atoms with van der Waals surface area (Å²) in [5, 5.41) is 9.91. The molecule has 0 spiro atoms. The Morgan fingerprint density at radius 3 is 2.67 bits per heavy atom. The van der Waals surface area contributed by atoms with Crippen LogP contribution < -0.4 is 4.74 Å². The van der Waals surface area contributed by atoms with Gasteiger partial charge >= 0.3 is 5.97 Å². The number of ether oxygens (including phenoxy) is 2. The molecule has 1 N–H and O–H groups in total. The van der Waals surface area contributed by atoms with E-state index in [1.54, 1.807) is 30.3 Å². The van der Waals surface area contributed by atoms with E-state index in [1.807, 2.05) is 19.1 Å². The van der Waals surface area contributed by atoms with Crippen molar-refractivity contribution in [1.29, 1.82) is 0 Å². The number of carboxylic acids is 1. The smallest absolute Gasteiger partial charge is 0.335 e. The number of fused-ring (bicyclic) bond motifs is 2. The van der Waals surface area contributed by atoms with Crippen LogP contribution in [0, 0.1) is 5.82 Å². The van der Waals surface area contributed by atoms with E-state index in [-0.39, 0.29) is 17.5 Å². The van der Waals surface area contributed by atoms with Crippen LogP contribution >= 0.6 is 11.6 Å². The van der Waals surface area contributed by atoms with Crippen LogP contribution in [0.3, 0.4) is 0 Å². The van der Waals surface area contributed by atoms with Gasteiger partial charge in [0, 0.05) is 29.2 Å². The van der Waals surface area contributed by atoms with Crippen LogP contribution in [-0.2, 0) is 29.8 Å². The van der Waals surface area contributed by atoms with Gasteiger partial charge in [-0.25, -0.2) is 14.2 Å². The van der Waals surface area contributed by atoms with Crippen molar-refractivity contribution in [3.8, 4) is 5.75 Å².